The van der Waals surface area contributed by atoms with Crippen LogP contribution in [0.2, 0.25) is 0 Å². The van der Waals surface area contributed by atoms with Crippen LogP contribution >= 0.6 is 0 Å². The fourth-order valence-electron chi connectivity index (χ4n) is 2.70. The van der Waals surface area contributed by atoms with Gasteiger partial charge in [0.1, 0.15) is 5.69 Å². The van der Waals surface area contributed by atoms with Crippen LogP contribution in [0.4, 0.5) is 0 Å². The molecular weight excluding hydrogens is 346 g/mol. The van der Waals surface area contributed by atoms with Crippen molar-refractivity contribution in [3.8, 4) is 11.4 Å². The second-order valence-electron chi connectivity index (χ2n) is 5.99. The number of benzene rings is 1. The third-order valence-electron chi connectivity index (χ3n) is 4.04. The molecule has 0 fully saturated rings. The van der Waals surface area contributed by atoms with Crippen molar-refractivity contribution in [2.45, 2.75) is 6.54 Å². The number of H-pyrrole nitrogens is 1. The van der Waals surface area contributed by atoms with Crippen molar-refractivity contribution >= 4 is 16.8 Å². The molecule has 8 nitrogen and oxygen atoms in total. The number of carbonyl (C=O) groups is 1. The molecule has 4 aromatic rings. The van der Waals surface area contributed by atoms with E-state index in [4.69, 9.17) is 4.52 Å². The van der Waals surface area contributed by atoms with Crippen LogP contribution in [-0.2, 0) is 6.54 Å². The van der Waals surface area contributed by atoms with Crippen LogP contribution in [0.3, 0.4) is 0 Å². The van der Waals surface area contributed by atoms with Gasteiger partial charge < -0.3 is 14.4 Å². The van der Waals surface area contributed by atoms with Gasteiger partial charge in [0.25, 0.3) is 11.5 Å². The Kier molecular flexibility index (Phi) is 4.21. The maximum Gasteiger partial charge on any atom is 0.289 e. The third kappa shape index (κ3) is 3.32. The van der Waals surface area contributed by atoms with Gasteiger partial charge >= 0.3 is 0 Å². The van der Waals surface area contributed by atoms with E-state index in [0.717, 1.165) is 0 Å². The van der Waals surface area contributed by atoms with Gasteiger partial charge in [0, 0.05) is 19.3 Å². The van der Waals surface area contributed by atoms with Crippen LogP contribution in [0.25, 0.3) is 22.3 Å². The van der Waals surface area contributed by atoms with E-state index in [9.17, 15) is 9.59 Å². The first-order valence-corrected chi connectivity index (χ1v) is 8.23. The minimum absolute atomic E-state index is 0.0225. The van der Waals surface area contributed by atoms with Gasteiger partial charge in [-0.2, -0.15) is 0 Å². The summed E-state index contributed by atoms with van der Waals surface area (Å²) in [6.07, 6.45) is 1.67. The first kappa shape index (κ1) is 16.6. The SMILES string of the molecule is CN(Cc1cc(-c2ccccn2)no1)C(=O)c1nc2ccccc2c(=O)[nH]1. The lowest BCUT2D eigenvalue weighted by molar-refractivity contribution is 0.0760. The molecule has 0 aliphatic heterocycles. The van der Waals surface area contributed by atoms with E-state index in [1.54, 1.807) is 43.6 Å². The number of carbonyl (C=O) groups excluding carboxylic acids is 1. The molecule has 0 radical (unpaired) electrons. The highest BCUT2D eigenvalue weighted by Gasteiger charge is 2.18. The molecule has 0 bridgehead atoms. The molecule has 1 N–H and O–H groups in total. The quantitative estimate of drug-likeness (QED) is 0.598. The lowest BCUT2D eigenvalue weighted by Gasteiger charge is -2.14. The Morgan fingerprint density at radius 3 is 2.78 bits per heavy atom. The van der Waals surface area contributed by atoms with Crippen LogP contribution in [0.5, 0.6) is 0 Å². The Balaban J connectivity index is 1.55. The fraction of sp³-hybridized carbons (Fsp3) is 0.105. The number of aromatic nitrogens is 4. The van der Waals surface area contributed by atoms with Gasteiger partial charge in [-0.1, -0.05) is 23.4 Å². The summed E-state index contributed by atoms with van der Waals surface area (Å²) >= 11 is 0. The monoisotopic (exact) mass is 361 g/mol. The summed E-state index contributed by atoms with van der Waals surface area (Å²) in [4.78, 5) is 37.2. The molecule has 0 unspecified atom stereocenters. The predicted octanol–water partition coefficient (Wildman–Crippen LogP) is 2.25. The largest absolute Gasteiger partial charge is 0.359 e. The Morgan fingerprint density at radius 2 is 1.96 bits per heavy atom. The molecule has 0 saturated carbocycles. The number of hydrogen-bond acceptors (Lipinski definition) is 6. The molecule has 3 heterocycles. The predicted molar refractivity (Wildman–Crippen MR) is 97.9 cm³/mol. The Labute approximate surface area is 153 Å². The molecule has 1 amide bonds. The van der Waals surface area contributed by atoms with Crippen molar-refractivity contribution in [2.75, 3.05) is 7.05 Å². The number of amides is 1. The average molecular weight is 361 g/mol. The number of nitrogens with zero attached hydrogens (tertiary/aromatic N) is 4. The van der Waals surface area contributed by atoms with Gasteiger partial charge in [-0.15, -0.1) is 0 Å². The molecular formula is C19H15N5O3. The molecule has 134 valence electrons. The first-order valence-electron chi connectivity index (χ1n) is 8.23. The lowest BCUT2D eigenvalue weighted by Crippen LogP contribution is -2.29. The third-order valence-corrected chi connectivity index (χ3v) is 4.04. The molecule has 0 aliphatic carbocycles. The van der Waals surface area contributed by atoms with Crippen molar-refractivity contribution in [3.05, 3.63) is 76.7 Å². The maximum atomic E-state index is 12.6. The van der Waals surface area contributed by atoms with Gasteiger partial charge in [-0.25, -0.2) is 4.98 Å². The fourth-order valence-corrected chi connectivity index (χ4v) is 2.70. The normalized spacial score (nSPS) is 10.9. The van der Waals surface area contributed by atoms with Crippen molar-refractivity contribution in [1.29, 1.82) is 0 Å². The Morgan fingerprint density at radius 1 is 1.15 bits per heavy atom. The zero-order chi connectivity index (χ0) is 18.8. The molecule has 0 aliphatic rings. The van der Waals surface area contributed by atoms with Gasteiger partial charge in [0.2, 0.25) is 0 Å². The van der Waals surface area contributed by atoms with Crippen molar-refractivity contribution in [3.63, 3.8) is 0 Å². The van der Waals surface area contributed by atoms with E-state index in [0.29, 0.717) is 28.1 Å². The van der Waals surface area contributed by atoms with Crippen LogP contribution in [0.15, 0.2) is 64.0 Å². The standard InChI is InChI=1S/C19H15N5O3/c1-24(11-12-10-16(23-27-12)15-8-4-5-9-20-15)19(26)17-21-14-7-3-2-6-13(14)18(25)22-17/h2-10H,11H2,1H3,(H,21,22,25). The van der Waals surface area contributed by atoms with Crippen molar-refractivity contribution < 1.29 is 9.32 Å². The van der Waals surface area contributed by atoms with Crippen LogP contribution in [0.1, 0.15) is 16.4 Å². The number of pyridine rings is 1. The average Bonchev–Trinajstić information content (AvgIpc) is 3.16. The highest BCUT2D eigenvalue weighted by atomic mass is 16.5. The van der Waals surface area contributed by atoms with Gasteiger partial charge in [-0.05, 0) is 24.3 Å². The minimum Gasteiger partial charge on any atom is -0.359 e. The highest BCUT2D eigenvalue weighted by molar-refractivity contribution is 5.92. The van der Waals surface area contributed by atoms with E-state index < -0.39 is 5.91 Å². The molecule has 8 heteroatoms. The second-order valence-corrected chi connectivity index (χ2v) is 5.99. The summed E-state index contributed by atoms with van der Waals surface area (Å²) in [5, 5.41) is 4.41. The van der Waals surface area contributed by atoms with Crippen LogP contribution < -0.4 is 5.56 Å². The number of hydrogen-bond donors (Lipinski definition) is 1. The first-order chi connectivity index (χ1) is 13.1. The zero-order valence-electron chi connectivity index (χ0n) is 14.4. The van der Waals surface area contributed by atoms with Crippen molar-refractivity contribution in [2.24, 2.45) is 0 Å². The van der Waals surface area contributed by atoms with Crippen LogP contribution in [-0.4, -0.2) is 38.0 Å². The number of para-hydroxylation sites is 1. The van der Waals surface area contributed by atoms with E-state index in [1.807, 2.05) is 18.2 Å². The molecule has 27 heavy (non-hydrogen) atoms. The number of aromatic amines is 1. The zero-order valence-corrected chi connectivity index (χ0v) is 14.4. The van der Waals surface area contributed by atoms with E-state index in [1.165, 1.54) is 4.90 Å². The molecule has 0 atom stereocenters. The van der Waals surface area contributed by atoms with Crippen molar-refractivity contribution in [1.82, 2.24) is 25.0 Å². The lowest BCUT2D eigenvalue weighted by atomic mass is 10.2. The van der Waals surface area contributed by atoms with Gasteiger partial charge in [-0.3, -0.25) is 14.6 Å². The highest BCUT2D eigenvalue weighted by Crippen LogP contribution is 2.17. The van der Waals surface area contributed by atoms with E-state index >= 15 is 0 Å². The van der Waals surface area contributed by atoms with Gasteiger partial charge in [0.15, 0.2) is 11.6 Å². The minimum atomic E-state index is -0.423. The van der Waals surface area contributed by atoms with Gasteiger partial charge in [0.05, 0.1) is 23.1 Å². The van der Waals surface area contributed by atoms with E-state index in [2.05, 4.69) is 20.1 Å². The van der Waals surface area contributed by atoms with Crippen LogP contribution in [0, 0.1) is 0 Å². The number of rotatable bonds is 4. The summed E-state index contributed by atoms with van der Waals surface area (Å²) < 4.78 is 5.29. The topological polar surface area (TPSA) is 105 Å². The molecule has 1 aromatic carbocycles. The molecule has 4 rings (SSSR count). The summed E-state index contributed by atoms with van der Waals surface area (Å²) in [5.74, 6) is 0.0499. The Hall–Kier alpha value is -3.81. The smallest absolute Gasteiger partial charge is 0.289 e. The summed E-state index contributed by atoms with van der Waals surface area (Å²) in [7, 11) is 1.60. The Bertz CT molecular complexity index is 1170. The molecule has 3 aromatic heterocycles. The second kappa shape index (κ2) is 6.83. The summed E-state index contributed by atoms with van der Waals surface area (Å²) in [5.41, 5.74) is 1.38. The molecule has 0 spiro atoms. The summed E-state index contributed by atoms with van der Waals surface area (Å²) in [6.45, 7) is 0.176. The van der Waals surface area contributed by atoms with E-state index in [-0.39, 0.29) is 17.9 Å². The number of nitrogens with one attached hydrogen (secondary N) is 1. The maximum absolute atomic E-state index is 12.6. The number of fused-ring (bicyclic) bond motifs is 1. The summed E-state index contributed by atoms with van der Waals surface area (Å²) in [6, 6.07) is 14.1. The molecule has 0 saturated heterocycles.